The standard InChI is InChI=1S/C25H20BrClN2O2/c1-16-6-7-18(10-17(16)2)15-31-24-9-8-21(26)12-19(24)11-20(14-28)25(30)29-23-5-3-4-22(27)13-23/h3-13H,15H2,1-2H3,(H,29,30)/b20-11+. The van der Waals surface area contributed by atoms with Gasteiger partial charge in [-0.25, -0.2) is 0 Å². The van der Waals surface area contributed by atoms with Gasteiger partial charge < -0.3 is 10.1 Å². The number of nitriles is 1. The molecule has 0 heterocycles. The number of carbonyl (C=O) groups excluding carboxylic acids is 1. The van der Waals surface area contributed by atoms with Crippen LogP contribution in [-0.2, 0) is 11.4 Å². The van der Waals surface area contributed by atoms with Gasteiger partial charge in [0.05, 0.1) is 0 Å². The highest BCUT2D eigenvalue weighted by Gasteiger charge is 2.12. The molecule has 0 unspecified atom stereocenters. The van der Waals surface area contributed by atoms with Crippen LogP contribution >= 0.6 is 27.5 Å². The number of nitrogens with zero attached hydrogens (tertiary/aromatic N) is 1. The lowest BCUT2D eigenvalue weighted by Gasteiger charge is -2.12. The summed E-state index contributed by atoms with van der Waals surface area (Å²) in [7, 11) is 0. The molecule has 0 saturated heterocycles. The van der Waals surface area contributed by atoms with E-state index in [1.165, 1.54) is 17.2 Å². The summed E-state index contributed by atoms with van der Waals surface area (Å²) in [5.41, 5.74) is 4.55. The summed E-state index contributed by atoms with van der Waals surface area (Å²) in [6.07, 6.45) is 1.51. The highest BCUT2D eigenvalue weighted by Crippen LogP contribution is 2.27. The van der Waals surface area contributed by atoms with E-state index in [1.54, 1.807) is 36.4 Å². The molecule has 3 rings (SSSR count). The summed E-state index contributed by atoms with van der Waals surface area (Å²) in [5, 5.41) is 12.7. The lowest BCUT2D eigenvalue weighted by molar-refractivity contribution is -0.112. The van der Waals surface area contributed by atoms with E-state index in [-0.39, 0.29) is 5.57 Å². The van der Waals surface area contributed by atoms with Crippen molar-refractivity contribution in [3.8, 4) is 11.8 Å². The predicted molar refractivity (Wildman–Crippen MR) is 128 cm³/mol. The second kappa shape index (κ2) is 10.3. The molecular formula is C25H20BrClN2O2. The van der Waals surface area contributed by atoms with Crippen LogP contribution in [-0.4, -0.2) is 5.91 Å². The van der Waals surface area contributed by atoms with Crippen molar-refractivity contribution >= 4 is 45.2 Å². The highest BCUT2D eigenvalue weighted by atomic mass is 79.9. The first kappa shape index (κ1) is 22.6. The zero-order valence-electron chi connectivity index (χ0n) is 17.1. The Morgan fingerprint density at radius 3 is 2.65 bits per heavy atom. The lowest BCUT2D eigenvalue weighted by atomic mass is 10.1. The van der Waals surface area contributed by atoms with Gasteiger partial charge in [-0.05, 0) is 73.0 Å². The van der Waals surface area contributed by atoms with E-state index in [1.807, 2.05) is 18.2 Å². The minimum absolute atomic E-state index is 0.0471. The zero-order chi connectivity index (χ0) is 22.4. The number of aryl methyl sites for hydroxylation is 2. The average Bonchev–Trinajstić information content (AvgIpc) is 2.73. The van der Waals surface area contributed by atoms with Crippen LogP contribution in [0.5, 0.6) is 5.75 Å². The van der Waals surface area contributed by atoms with Crippen LogP contribution in [0.25, 0.3) is 6.08 Å². The number of rotatable bonds is 6. The third kappa shape index (κ3) is 6.21. The molecule has 31 heavy (non-hydrogen) atoms. The minimum atomic E-state index is -0.523. The second-order valence-corrected chi connectivity index (χ2v) is 8.38. The summed E-state index contributed by atoms with van der Waals surface area (Å²) < 4.78 is 6.82. The molecule has 1 amide bonds. The molecule has 0 radical (unpaired) electrons. The molecule has 3 aromatic carbocycles. The largest absolute Gasteiger partial charge is 0.488 e. The first-order valence-corrected chi connectivity index (χ1v) is 10.7. The minimum Gasteiger partial charge on any atom is -0.488 e. The number of ether oxygens (including phenoxy) is 1. The van der Waals surface area contributed by atoms with Crippen molar-refractivity contribution in [1.82, 2.24) is 0 Å². The molecule has 0 spiro atoms. The Bertz CT molecular complexity index is 1200. The monoisotopic (exact) mass is 494 g/mol. The normalized spacial score (nSPS) is 11.0. The smallest absolute Gasteiger partial charge is 0.266 e. The van der Waals surface area contributed by atoms with Gasteiger partial charge in [-0.15, -0.1) is 0 Å². The highest BCUT2D eigenvalue weighted by molar-refractivity contribution is 9.10. The van der Waals surface area contributed by atoms with E-state index in [4.69, 9.17) is 16.3 Å². The Kier molecular flexibility index (Phi) is 7.51. The molecule has 156 valence electrons. The van der Waals surface area contributed by atoms with E-state index >= 15 is 0 Å². The Morgan fingerprint density at radius 1 is 1.13 bits per heavy atom. The van der Waals surface area contributed by atoms with Gasteiger partial charge in [0, 0.05) is 20.7 Å². The molecule has 1 N–H and O–H groups in total. The van der Waals surface area contributed by atoms with Crippen molar-refractivity contribution in [2.45, 2.75) is 20.5 Å². The second-order valence-electron chi connectivity index (χ2n) is 7.02. The van der Waals surface area contributed by atoms with Gasteiger partial charge in [-0.3, -0.25) is 4.79 Å². The summed E-state index contributed by atoms with van der Waals surface area (Å²) in [5.74, 6) is 0.0505. The van der Waals surface area contributed by atoms with E-state index in [0.717, 1.165) is 10.0 Å². The first-order chi connectivity index (χ1) is 14.9. The quantitative estimate of drug-likeness (QED) is 0.301. The van der Waals surface area contributed by atoms with Crippen LogP contribution in [0.1, 0.15) is 22.3 Å². The van der Waals surface area contributed by atoms with E-state index in [9.17, 15) is 10.1 Å². The van der Waals surface area contributed by atoms with Gasteiger partial charge in [-0.2, -0.15) is 5.26 Å². The molecule has 6 heteroatoms. The van der Waals surface area contributed by atoms with Crippen molar-refractivity contribution in [2.24, 2.45) is 0 Å². The molecule has 0 aliphatic carbocycles. The van der Waals surface area contributed by atoms with Crippen LogP contribution in [0.15, 0.2) is 70.7 Å². The third-order valence-corrected chi connectivity index (χ3v) is 5.41. The van der Waals surface area contributed by atoms with Crippen LogP contribution in [0.2, 0.25) is 5.02 Å². The first-order valence-electron chi connectivity index (χ1n) is 9.53. The fraction of sp³-hybridized carbons (Fsp3) is 0.120. The van der Waals surface area contributed by atoms with Crippen LogP contribution in [0.3, 0.4) is 0 Å². The molecular weight excluding hydrogens is 476 g/mol. The number of hydrogen-bond donors (Lipinski definition) is 1. The Morgan fingerprint density at radius 2 is 1.94 bits per heavy atom. The van der Waals surface area contributed by atoms with Crippen molar-refractivity contribution in [3.05, 3.63) is 98.0 Å². The fourth-order valence-corrected chi connectivity index (χ4v) is 3.46. The number of halogens is 2. The van der Waals surface area contributed by atoms with Crippen LogP contribution in [0, 0.1) is 25.2 Å². The number of hydrogen-bond acceptors (Lipinski definition) is 3. The molecule has 0 aromatic heterocycles. The number of amides is 1. The molecule has 0 atom stereocenters. The maximum absolute atomic E-state index is 12.6. The topological polar surface area (TPSA) is 62.1 Å². The summed E-state index contributed by atoms with van der Waals surface area (Å²) >= 11 is 9.40. The van der Waals surface area contributed by atoms with E-state index < -0.39 is 5.91 Å². The lowest BCUT2D eigenvalue weighted by Crippen LogP contribution is -2.13. The fourth-order valence-electron chi connectivity index (χ4n) is 2.89. The predicted octanol–water partition coefficient (Wildman–Crippen LogP) is 6.84. The summed E-state index contributed by atoms with van der Waals surface area (Å²) in [6.45, 7) is 4.50. The summed E-state index contributed by atoms with van der Waals surface area (Å²) in [4.78, 5) is 12.6. The van der Waals surface area contributed by atoms with E-state index in [2.05, 4.69) is 47.2 Å². The van der Waals surface area contributed by atoms with Crippen molar-refractivity contribution in [1.29, 1.82) is 5.26 Å². The SMILES string of the molecule is Cc1ccc(COc2ccc(Br)cc2/C=C(\C#N)C(=O)Nc2cccc(Cl)c2)cc1C. The van der Waals surface area contributed by atoms with Crippen molar-refractivity contribution in [3.63, 3.8) is 0 Å². The van der Waals surface area contributed by atoms with Gasteiger partial charge >= 0.3 is 0 Å². The van der Waals surface area contributed by atoms with Crippen molar-refractivity contribution in [2.75, 3.05) is 5.32 Å². The van der Waals surface area contributed by atoms with Crippen molar-refractivity contribution < 1.29 is 9.53 Å². The summed E-state index contributed by atoms with van der Waals surface area (Å²) in [6, 6.07) is 20.3. The van der Waals surface area contributed by atoms with E-state index in [0.29, 0.717) is 28.6 Å². The average molecular weight is 496 g/mol. The molecule has 0 aliphatic rings. The van der Waals surface area contributed by atoms with Crippen LogP contribution < -0.4 is 10.1 Å². The number of nitrogens with one attached hydrogen (secondary N) is 1. The molecule has 0 saturated carbocycles. The molecule has 0 bridgehead atoms. The molecule has 0 aliphatic heterocycles. The Hall–Kier alpha value is -3.07. The van der Waals surface area contributed by atoms with Gasteiger partial charge in [0.15, 0.2) is 0 Å². The maximum Gasteiger partial charge on any atom is 0.266 e. The van der Waals surface area contributed by atoms with Crippen LogP contribution in [0.4, 0.5) is 5.69 Å². The zero-order valence-corrected chi connectivity index (χ0v) is 19.4. The van der Waals surface area contributed by atoms with Gasteiger partial charge in [0.25, 0.3) is 5.91 Å². The van der Waals surface area contributed by atoms with Gasteiger partial charge in [-0.1, -0.05) is 51.8 Å². The number of benzene rings is 3. The number of carbonyl (C=O) groups is 1. The molecule has 4 nitrogen and oxygen atoms in total. The maximum atomic E-state index is 12.6. The Balaban J connectivity index is 1.83. The molecule has 0 fully saturated rings. The third-order valence-electron chi connectivity index (χ3n) is 4.68. The number of anilines is 1. The molecule has 3 aromatic rings. The van der Waals surface area contributed by atoms with Gasteiger partial charge in [0.2, 0.25) is 0 Å². The Labute approximate surface area is 195 Å². The van der Waals surface area contributed by atoms with Gasteiger partial charge in [0.1, 0.15) is 24.0 Å².